The van der Waals surface area contributed by atoms with Crippen LogP contribution in [0.1, 0.15) is 27.2 Å². The summed E-state index contributed by atoms with van der Waals surface area (Å²) in [5.41, 5.74) is 0. The molecule has 12 heavy (non-hydrogen) atoms. The molecular formula is C10H22BrP. The Kier molecular flexibility index (Phi) is 10.4. The molecule has 0 saturated carbocycles. The van der Waals surface area contributed by atoms with Crippen LogP contribution in [-0.4, -0.2) is 24.6 Å². The molecule has 0 unspecified atom stereocenters. The molecule has 0 spiro atoms. The predicted molar refractivity (Wildman–Crippen MR) is 58.2 cm³/mol. The van der Waals surface area contributed by atoms with Gasteiger partial charge in [-0.2, -0.15) is 0 Å². The molecule has 0 saturated heterocycles. The van der Waals surface area contributed by atoms with Gasteiger partial charge in [-0.3, -0.25) is 0 Å². The third-order valence-electron chi connectivity index (χ3n) is 2.82. The quantitative estimate of drug-likeness (QED) is 0.481. The van der Waals surface area contributed by atoms with Gasteiger partial charge in [0.2, 0.25) is 0 Å². The molecule has 0 aromatic carbocycles. The molecule has 0 aromatic heterocycles. The Hall–Kier alpha value is 0.650. The van der Waals surface area contributed by atoms with E-state index in [4.69, 9.17) is 0 Å². The second kappa shape index (κ2) is 8.26. The normalized spacial score (nSPS) is 10.6. The highest BCUT2D eigenvalue weighted by atomic mass is 79.9. The standard InChI is InChI=1S/C10H22P.BrH/c1-5-9-10-11(6-2,7-3)8-4;/h5H,1,6-10H2,2-4H3;1H/q+1;/p-1. The summed E-state index contributed by atoms with van der Waals surface area (Å²) in [5.74, 6) is 0. The van der Waals surface area contributed by atoms with Crippen LogP contribution in [0.2, 0.25) is 0 Å². The first-order chi connectivity index (χ1) is 5.24. The molecule has 0 fully saturated rings. The van der Waals surface area contributed by atoms with Gasteiger partial charge in [-0.1, -0.05) is 6.08 Å². The largest absolute Gasteiger partial charge is 1.00 e. The maximum absolute atomic E-state index is 3.78. The second-order valence-corrected chi connectivity index (χ2v) is 8.12. The predicted octanol–water partition coefficient (Wildman–Crippen LogP) is 0.644. The lowest BCUT2D eigenvalue weighted by Crippen LogP contribution is -3.00. The second-order valence-electron chi connectivity index (χ2n) is 3.09. The van der Waals surface area contributed by atoms with E-state index in [1.165, 1.54) is 31.1 Å². The lowest BCUT2D eigenvalue weighted by Gasteiger charge is -2.22. The summed E-state index contributed by atoms with van der Waals surface area (Å²) < 4.78 is 0. The van der Waals surface area contributed by atoms with Gasteiger partial charge < -0.3 is 17.0 Å². The molecule has 0 aliphatic rings. The molecule has 0 aliphatic heterocycles. The Morgan fingerprint density at radius 1 is 1.08 bits per heavy atom. The van der Waals surface area contributed by atoms with Crippen LogP contribution in [0.3, 0.4) is 0 Å². The summed E-state index contributed by atoms with van der Waals surface area (Å²) in [7, 11) is -0.527. The van der Waals surface area contributed by atoms with E-state index in [0.717, 1.165) is 0 Å². The van der Waals surface area contributed by atoms with Crippen LogP contribution in [0.15, 0.2) is 12.7 Å². The van der Waals surface area contributed by atoms with Gasteiger partial charge in [-0.15, -0.1) is 6.58 Å². The summed E-state index contributed by atoms with van der Waals surface area (Å²) >= 11 is 0. The molecule has 0 amide bonds. The van der Waals surface area contributed by atoms with Crippen LogP contribution in [0.25, 0.3) is 0 Å². The topological polar surface area (TPSA) is 0 Å². The van der Waals surface area contributed by atoms with Crippen LogP contribution < -0.4 is 17.0 Å². The molecule has 0 N–H and O–H groups in total. The van der Waals surface area contributed by atoms with E-state index in [9.17, 15) is 0 Å². The van der Waals surface area contributed by atoms with Gasteiger partial charge in [0.25, 0.3) is 0 Å². The first-order valence-electron chi connectivity index (χ1n) is 4.70. The lowest BCUT2D eigenvalue weighted by molar-refractivity contribution is -0.00000258. The summed E-state index contributed by atoms with van der Waals surface area (Å²) in [6.07, 6.45) is 8.99. The Morgan fingerprint density at radius 2 is 1.50 bits per heavy atom. The highest BCUT2D eigenvalue weighted by Crippen LogP contribution is 2.58. The highest BCUT2D eigenvalue weighted by molar-refractivity contribution is 7.75. The molecule has 0 bridgehead atoms. The van der Waals surface area contributed by atoms with Crippen molar-refractivity contribution in [3.05, 3.63) is 12.7 Å². The molecule has 2 heteroatoms. The zero-order chi connectivity index (χ0) is 8.74. The van der Waals surface area contributed by atoms with Crippen LogP contribution in [0.5, 0.6) is 0 Å². The van der Waals surface area contributed by atoms with Crippen molar-refractivity contribution in [3.63, 3.8) is 0 Å². The van der Waals surface area contributed by atoms with Gasteiger partial charge in [-0.05, 0) is 27.2 Å². The maximum Gasteiger partial charge on any atom is 0.0628 e. The van der Waals surface area contributed by atoms with Crippen LogP contribution >= 0.6 is 7.26 Å². The van der Waals surface area contributed by atoms with Crippen molar-refractivity contribution >= 4 is 7.26 Å². The summed E-state index contributed by atoms with van der Waals surface area (Å²) in [6.45, 7) is 10.8. The third kappa shape index (κ3) is 4.62. The van der Waals surface area contributed by atoms with Gasteiger partial charge >= 0.3 is 0 Å². The Bertz CT molecular complexity index is 100. The third-order valence-corrected chi connectivity index (χ3v) is 8.05. The zero-order valence-electron chi connectivity index (χ0n) is 8.65. The van der Waals surface area contributed by atoms with Crippen molar-refractivity contribution in [1.82, 2.24) is 0 Å². The fraction of sp³-hybridized carbons (Fsp3) is 0.800. The average molecular weight is 253 g/mol. The summed E-state index contributed by atoms with van der Waals surface area (Å²) in [6, 6.07) is 0. The monoisotopic (exact) mass is 252 g/mol. The molecular weight excluding hydrogens is 231 g/mol. The minimum absolute atomic E-state index is 0. The molecule has 0 atom stereocenters. The molecule has 0 aromatic rings. The number of hydrogen-bond donors (Lipinski definition) is 0. The average Bonchev–Trinajstić information content (AvgIpc) is 2.08. The fourth-order valence-corrected chi connectivity index (χ4v) is 4.53. The molecule has 0 radical (unpaired) electrons. The highest BCUT2D eigenvalue weighted by Gasteiger charge is 2.29. The van der Waals surface area contributed by atoms with Gasteiger partial charge in [0.1, 0.15) is 0 Å². The minimum Gasteiger partial charge on any atom is -1.00 e. The Balaban J connectivity index is 0. The molecule has 0 aliphatic carbocycles. The number of rotatable bonds is 6. The van der Waals surface area contributed by atoms with E-state index >= 15 is 0 Å². The lowest BCUT2D eigenvalue weighted by atomic mass is 10.5. The first kappa shape index (κ1) is 15.1. The van der Waals surface area contributed by atoms with Crippen LogP contribution in [-0.2, 0) is 0 Å². The first-order valence-corrected chi connectivity index (χ1v) is 7.23. The summed E-state index contributed by atoms with van der Waals surface area (Å²) in [5, 5.41) is 0. The van der Waals surface area contributed by atoms with Crippen molar-refractivity contribution in [1.29, 1.82) is 0 Å². The molecule has 0 nitrogen and oxygen atoms in total. The SMILES string of the molecule is C=CCC[P+](CC)(CC)CC.[Br-]. The van der Waals surface area contributed by atoms with Crippen LogP contribution in [0.4, 0.5) is 0 Å². The van der Waals surface area contributed by atoms with E-state index in [2.05, 4.69) is 33.4 Å². The Labute approximate surface area is 88.9 Å². The maximum atomic E-state index is 3.78. The number of hydrogen-bond acceptors (Lipinski definition) is 0. The number of allylic oxidation sites excluding steroid dienone is 1. The minimum atomic E-state index is -0.527. The van der Waals surface area contributed by atoms with Crippen molar-refractivity contribution in [2.75, 3.05) is 24.6 Å². The fourth-order valence-electron chi connectivity index (χ4n) is 1.51. The van der Waals surface area contributed by atoms with Gasteiger partial charge in [0.05, 0.1) is 24.6 Å². The Morgan fingerprint density at radius 3 is 1.75 bits per heavy atom. The van der Waals surface area contributed by atoms with Crippen LogP contribution in [0, 0.1) is 0 Å². The van der Waals surface area contributed by atoms with E-state index < -0.39 is 7.26 Å². The molecule has 0 heterocycles. The van der Waals surface area contributed by atoms with E-state index in [1.54, 1.807) is 0 Å². The number of halogens is 1. The summed E-state index contributed by atoms with van der Waals surface area (Å²) in [4.78, 5) is 0. The van der Waals surface area contributed by atoms with Gasteiger partial charge in [0, 0.05) is 7.26 Å². The van der Waals surface area contributed by atoms with E-state index in [1.807, 2.05) is 0 Å². The smallest absolute Gasteiger partial charge is 0.0628 e. The van der Waals surface area contributed by atoms with E-state index in [0.29, 0.717) is 0 Å². The van der Waals surface area contributed by atoms with Crippen molar-refractivity contribution in [2.45, 2.75) is 27.2 Å². The van der Waals surface area contributed by atoms with Crippen molar-refractivity contribution in [3.8, 4) is 0 Å². The van der Waals surface area contributed by atoms with Crippen molar-refractivity contribution < 1.29 is 17.0 Å². The molecule has 0 rings (SSSR count). The van der Waals surface area contributed by atoms with Gasteiger partial charge in [-0.25, -0.2) is 0 Å². The zero-order valence-corrected chi connectivity index (χ0v) is 11.1. The van der Waals surface area contributed by atoms with Gasteiger partial charge in [0.15, 0.2) is 0 Å². The van der Waals surface area contributed by atoms with E-state index in [-0.39, 0.29) is 17.0 Å². The van der Waals surface area contributed by atoms with Crippen molar-refractivity contribution in [2.24, 2.45) is 0 Å². The molecule has 74 valence electrons.